The minimum atomic E-state index is -0.321. The molecule has 1 fully saturated rings. The smallest absolute Gasteiger partial charge is 0.337 e. The van der Waals surface area contributed by atoms with Crippen LogP contribution in [0.5, 0.6) is 0 Å². The van der Waals surface area contributed by atoms with Crippen molar-refractivity contribution in [3.8, 4) is 5.69 Å². The fourth-order valence-electron chi connectivity index (χ4n) is 3.40. The molecule has 2 aromatic carbocycles. The second kappa shape index (κ2) is 8.69. The van der Waals surface area contributed by atoms with Crippen LogP contribution in [-0.4, -0.2) is 40.9 Å². The van der Waals surface area contributed by atoms with E-state index in [4.69, 9.17) is 4.74 Å². The number of hydrogen-bond donors (Lipinski definition) is 0. The van der Waals surface area contributed by atoms with E-state index < -0.39 is 0 Å². The van der Waals surface area contributed by atoms with E-state index >= 15 is 0 Å². The highest BCUT2D eigenvalue weighted by molar-refractivity contribution is 7.98. The van der Waals surface area contributed by atoms with Gasteiger partial charge in [-0.3, -0.25) is 4.57 Å². The molecule has 3 aromatic rings. The van der Waals surface area contributed by atoms with Gasteiger partial charge in [0, 0.05) is 18.8 Å². The summed E-state index contributed by atoms with van der Waals surface area (Å²) in [5, 5.41) is 9.88. The molecule has 0 radical (unpaired) electrons. The van der Waals surface area contributed by atoms with Gasteiger partial charge in [0.2, 0.25) is 5.95 Å². The van der Waals surface area contributed by atoms with E-state index in [1.54, 1.807) is 23.9 Å². The monoisotopic (exact) mass is 408 g/mol. The fraction of sp³-hybridized carbons (Fsp3) is 0.318. The van der Waals surface area contributed by atoms with Gasteiger partial charge in [0.1, 0.15) is 0 Å². The molecule has 1 aliphatic heterocycles. The van der Waals surface area contributed by atoms with Crippen LogP contribution in [0.4, 0.5) is 5.95 Å². The predicted octanol–water partition coefficient (Wildman–Crippen LogP) is 4.25. The lowest BCUT2D eigenvalue weighted by molar-refractivity contribution is 0.0600. The molecule has 29 heavy (non-hydrogen) atoms. The topological polar surface area (TPSA) is 60.2 Å². The molecule has 6 nitrogen and oxygen atoms in total. The van der Waals surface area contributed by atoms with Crippen LogP contribution in [-0.2, 0) is 10.5 Å². The van der Waals surface area contributed by atoms with E-state index in [0.717, 1.165) is 41.2 Å². The zero-order valence-corrected chi connectivity index (χ0v) is 17.5. The van der Waals surface area contributed by atoms with Crippen LogP contribution in [0.3, 0.4) is 0 Å². The predicted molar refractivity (Wildman–Crippen MR) is 115 cm³/mol. The largest absolute Gasteiger partial charge is 0.465 e. The Morgan fingerprint density at radius 3 is 2.38 bits per heavy atom. The third kappa shape index (κ3) is 4.29. The van der Waals surface area contributed by atoms with Gasteiger partial charge < -0.3 is 9.64 Å². The quantitative estimate of drug-likeness (QED) is 0.449. The number of benzene rings is 2. The molecule has 0 saturated carbocycles. The van der Waals surface area contributed by atoms with Gasteiger partial charge in [0.25, 0.3) is 0 Å². The first-order valence-corrected chi connectivity index (χ1v) is 10.7. The van der Waals surface area contributed by atoms with Crippen molar-refractivity contribution >= 4 is 23.7 Å². The van der Waals surface area contributed by atoms with Crippen molar-refractivity contribution in [1.82, 2.24) is 14.8 Å². The molecule has 2 heterocycles. The molecule has 4 rings (SSSR count). The van der Waals surface area contributed by atoms with Gasteiger partial charge in [-0.2, -0.15) is 0 Å². The summed E-state index contributed by atoms with van der Waals surface area (Å²) in [7, 11) is 1.39. The third-order valence-electron chi connectivity index (χ3n) is 5.04. The van der Waals surface area contributed by atoms with E-state index in [-0.39, 0.29) is 5.97 Å². The Morgan fingerprint density at radius 2 is 1.72 bits per heavy atom. The summed E-state index contributed by atoms with van der Waals surface area (Å²) in [5.74, 6) is 1.33. The van der Waals surface area contributed by atoms with E-state index in [0.29, 0.717) is 5.56 Å². The van der Waals surface area contributed by atoms with Crippen molar-refractivity contribution in [2.24, 2.45) is 0 Å². The molecule has 7 heteroatoms. The zero-order chi connectivity index (χ0) is 20.2. The third-order valence-corrected chi connectivity index (χ3v) is 6.04. The average Bonchev–Trinajstić information content (AvgIpc) is 3.42. The number of hydrogen-bond acceptors (Lipinski definition) is 6. The number of carbonyl (C=O) groups is 1. The van der Waals surface area contributed by atoms with Crippen molar-refractivity contribution in [3.63, 3.8) is 0 Å². The van der Waals surface area contributed by atoms with E-state index in [9.17, 15) is 4.79 Å². The van der Waals surface area contributed by atoms with Crippen molar-refractivity contribution in [1.29, 1.82) is 0 Å². The van der Waals surface area contributed by atoms with Crippen LogP contribution in [0.2, 0.25) is 0 Å². The van der Waals surface area contributed by atoms with Crippen molar-refractivity contribution in [3.05, 3.63) is 65.2 Å². The Kier molecular flexibility index (Phi) is 5.85. The van der Waals surface area contributed by atoms with Crippen molar-refractivity contribution in [2.75, 3.05) is 25.1 Å². The van der Waals surface area contributed by atoms with Crippen LogP contribution in [0.1, 0.15) is 34.3 Å². The molecule has 150 valence electrons. The SMILES string of the molecule is COC(=O)c1ccc(CSc2nnc(N3CCCC3)n2-c2ccc(C)cc2)cc1. The summed E-state index contributed by atoms with van der Waals surface area (Å²) in [6, 6.07) is 16.0. The Morgan fingerprint density at radius 1 is 1.03 bits per heavy atom. The van der Waals surface area contributed by atoms with Gasteiger partial charge in [-0.15, -0.1) is 10.2 Å². The van der Waals surface area contributed by atoms with Crippen molar-refractivity contribution < 1.29 is 9.53 Å². The van der Waals surface area contributed by atoms with Crippen molar-refractivity contribution in [2.45, 2.75) is 30.7 Å². The summed E-state index contributed by atoms with van der Waals surface area (Å²) < 4.78 is 6.91. The first kappa shape index (κ1) is 19.5. The fourth-order valence-corrected chi connectivity index (χ4v) is 4.30. The lowest BCUT2D eigenvalue weighted by Crippen LogP contribution is -2.22. The first-order valence-electron chi connectivity index (χ1n) is 9.73. The standard InChI is InChI=1S/C22H24N4O2S/c1-16-5-11-19(12-6-16)26-21(25-13-3-4-14-25)23-24-22(26)29-15-17-7-9-18(10-8-17)20(27)28-2/h5-12H,3-4,13-15H2,1-2H3. The molecular weight excluding hydrogens is 384 g/mol. The maximum absolute atomic E-state index is 11.6. The molecule has 1 aliphatic rings. The molecule has 0 bridgehead atoms. The Bertz CT molecular complexity index is 977. The molecule has 0 N–H and O–H groups in total. The van der Waals surface area contributed by atoms with Crippen LogP contribution in [0, 0.1) is 6.92 Å². The summed E-state index contributed by atoms with van der Waals surface area (Å²) in [6.45, 7) is 4.12. The average molecular weight is 409 g/mol. The molecule has 0 unspecified atom stereocenters. The number of aryl methyl sites for hydroxylation is 1. The Balaban J connectivity index is 1.58. The van der Waals surface area contributed by atoms with E-state index in [1.807, 2.05) is 12.1 Å². The zero-order valence-electron chi connectivity index (χ0n) is 16.7. The molecule has 0 aliphatic carbocycles. The molecule has 0 amide bonds. The summed E-state index contributed by atoms with van der Waals surface area (Å²) >= 11 is 1.65. The minimum Gasteiger partial charge on any atom is -0.465 e. The lowest BCUT2D eigenvalue weighted by atomic mass is 10.1. The van der Waals surface area contributed by atoms with E-state index in [2.05, 4.69) is 50.9 Å². The molecule has 0 atom stereocenters. The number of thioether (sulfide) groups is 1. The number of carbonyl (C=O) groups excluding carboxylic acids is 1. The Labute approximate surface area is 174 Å². The highest BCUT2D eigenvalue weighted by atomic mass is 32.2. The van der Waals surface area contributed by atoms with Gasteiger partial charge in [-0.25, -0.2) is 4.79 Å². The number of rotatable bonds is 6. The highest BCUT2D eigenvalue weighted by Crippen LogP contribution is 2.30. The van der Waals surface area contributed by atoms with E-state index in [1.165, 1.54) is 25.5 Å². The van der Waals surface area contributed by atoms with Gasteiger partial charge in [0.15, 0.2) is 5.16 Å². The molecule has 1 aromatic heterocycles. The minimum absolute atomic E-state index is 0.321. The second-order valence-corrected chi connectivity index (χ2v) is 8.07. The first-order chi connectivity index (χ1) is 14.2. The van der Waals surface area contributed by atoms with Crippen LogP contribution >= 0.6 is 11.8 Å². The summed E-state index contributed by atoms with van der Waals surface area (Å²) in [5.41, 5.74) is 3.97. The maximum Gasteiger partial charge on any atom is 0.337 e. The number of methoxy groups -OCH3 is 1. The second-order valence-electron chi connectivity index (χ2n) is 7.12. The van der Waals surface area contributed by atoms with Crippen LogP contribution in [0.25, 0.3) is 5.69 Å². The molecule has 0 spiro atoms. The lowest BCUT2D eigenvalue weighted by Gasteiger charge is -2.18. The number of esters is 1. The molecule has 1 saturated heterocycles. The number of anilines is 1. The summed E-state index contributed by atoms with van der Waals surface area (Å²) in [4.78, 5) is 13.9. The van der Waals surface area contributed by atoms with Gasteiger partial charge >= 0.3 is 5.97 Å². The van der Waals surface area contributed by atoms with Gasteiger partial charge in [-0.05, 0) is 49.6 Å². The Hall–Kier alpha value is -2.80. The van der Waals surface area contributed by atoms with Gasteiger partial charge in [-0.1, -0.05) is 41.6 Å². The number of ether oxygens (including phenoxy) is 1. The normalized spacial score (nSPS) is 13.7. The number of nitrogens with zero attached hydrogens (tertiary/aromatic N) is 4. The van der Waals surface area contributed by atoms with Gasteiger partial charge in [0.05, 0.1) is 18.4 Å². The van der Waals surface area contributed by atoms with Crippen LogP contribution < -0.4 is 4.90 Å². The highest BCUT2D eigenvalue weighted by Gasteiger charge is 2.22. The molecular formula is C22H24N4O2S. The summed E-state index contributed by atoms with van der Waals surface area (Å²) in [6.07, 6.45) is 2.38. The van der Waals surface area contributed by atoms with Crippen LogP contribution in [0.15, 0.2) is 53.7 Å². The number of aromatic nitrogens is 3. The maximum atomic E-state index is 11.6.